The van der Waals surface area contributed by atoms with E-state index in [2.05, 4.69) is 35.1 Å². The van der Waals surface area contributed by atoms with Gasteiger partial charge in [0.25, 0.3) is 0 Å². The molecule has 0 radical (unpaired) electrons. The fourth-order valence-electron chi connectivity index (χ4n) is 5.05. The van der Waals surface area contributed by atoms with E-state index >= 15 is 0 Å². The molecule has 0 unspecified atom stereocenters. The van der Waals surface area contributed by atoms with Crippen LogP contribution in [0.5, 0.6) is 5.75 Å². The van der Waals surface area contributed by atoms with Gasteiger partial charge in [-0.2, -0.15) is 0 Å². The molecule has 0 saturated carbocycles. The van der Waals surface area contributed by atoms with E-state index in [9.17, 15) is 5.11 Å². The Kier molecular flexibility index (Phi) is 4.82. The molecule has 5 nitrogen and oxygen atoms in total. The Balaban J connectivity index is 1.20. The van der Waals surface area contributed by atoms with Crippen molar-refractivity contribution in [3.05, 3.63) is 107 Å². The number of likely N-dealkylation sites (N-methyl/N-ethyl adjacent to an activating group) is 1. The second-order valence-electron chi connectivity index (χ2n) is 8.96. The summed E-state index contributed by atoms with van der Waals surface area (Å²) in [4.78, 5) is 6.74. The molecule has 1 aliphatic carbocycles. The molecule has 6 rings (SSSR count). The first-order chi connectivity index (χ1) is 16.1. The molecule has 1 aromatic heterocycles. The van der Waals surface area contributed by atoms with Crippen LogP contribution in [-0.2, 0) is 25.0 Å². The summed E-state index contributed by atoms with van der Waals surface area (Å²) in [6, 6.07) is 22.3. The summed E-state index contributed by atoms with van der Waals surface area (Å²) in [5.74, 6) is 2.08. The van der Waals surface area contributed by atoms with E-state index in [1.807, 2.05) is 48.5 Å². The normalized spacial score (nSPS) is 15.2. The van der Waals surface area contributed by atoms with Crippen molar-refractivity contribution in [3.63, 3.8) is 0 Å². The molecule has 0 fully saturated rings. The fraction of sp³-hybridized carbons (Fsp3) is 0.250. The molecule has 0 bridgehead atoms. The second kappa shape index (κ2) is 7.87. The highest BCUT2D eigenvalue weighted by Crippen LogP contribution is 2.50. The molecule has 1 aliphatic heterocycles. The van der Waals surface area contributed by atoms with Crippen LogP contribution in [0.3, 0.4) is 0 Å². The molecule has 2 aliphatic rings. The van der Waals surface area contributed by atoms with Gasteiger partial charge in [-0.1, -0.05) is 60.7 Å². The van der Waals surface area contributed by atoms with Crippen molar-refractivity contribution in [2.75, 3.05) is 20.2 Å². The molecular weight excluding hydrogens is 412 g/mol. The van der Waals surface area contributed by atoms with Crippen LogP contribution in [-0.4, -0.2) is 35.2 Å². The molecular formula is C28H26N2O3. The van der Waals surface area contributed by atoms with Crippen LogP contribution in [0.25, 0.3) is 11.1 Å². The van der Waals surface area contributed by atoms with Gasteiger partial charge in [0.2, 0.25) is 5.89 Å². The highest BCUT2D eigenvalue weighted by molar-refractivity contribution is 5.81. The van der Waals surface area contributed by atoms with E-state index in [1.165, 1.54) is 11.1 Å². The van der Waals surface area contributed by atoms with Gasteiger partial charge < -0.3 is 14.3 Å². The third kappa shape index (κ3) is 3.36. The predicted octanol–water partition coefficient (Wildman–Crippen LogP) is 4.55. The Hall–Kier alpha value is -3.41. The summed E-state index contributed by atoms with van der Waals surface area (Å²) in [5.41, 5.74) is 4.91. The summed E-state index contributed by atoms with van der Waals surface area (Å²) < 4.78 is 11.8. The molecule has 33 heavy (non-hydrogen) atoms. The number of oxazole rings is 1. The standard InChI is InChI=1S/C28H26N2O3/c1-30(14-12-19-10-11-26-20(16-19)13-15-32-26)18-21-17-29-27(33-21)28(31)24-8-4-2-6-22(24)23-7-3-5-9-25(23)28/h2-11,16-17,31H,12-15,18H2,1H3. The first kappa shape index (κ1) is 20.2. The van der Waals surface area contributed by atoms with E-state index < -0.39 is 5.60 Å². The van der Waals surface area contributed by atoms with Gasteiger partial charge >= 0.3 is 0 Å². The molecule has 0 amide bonds. The van der Waals surface area contributed by atoms with Crippen molar-refractivity contribution in [3.8, 4) is 16.9 Å². The van der Waals surface area contributed by atoms with Crippen molar-refractivity contribution in [1.29, 1.82) is 0 Å². The third-order valence-corrected chi connectivity index (χ3v) is 6.75. The Bertz CT molecular complexity index is 1280. The van der Waals surface area contributed by atoms with Crippen LogP contribution in [0.2, 0.25) is 0 Å². The van der Waals surface area contributed by atoms with E-state index in [0.29, 0.717) is 12.4 Å². The Morgan fingerprint density at radius 2 is 1.73 bits per heavy atom. The Morgan fingerprint density at radius 1 is 1.00 bits per heavy atom. The zero-order chi connectivity index (χ0) is 22.4. The maximum atomic E-state index is 11.9. The van der Waals surface area contributed by atoms with Crippen LogP contribution >= 0.6 is 0 Å². The van der Waals surface area contributed by atoms with Crippen LogP contribution in [0.1, 0.15) is 33.9 Å². The quantitative estimate of drug-likeness (QED) is 0.479. The van der Waals surface area contributed by atoms with Crippen molar-refractivity contribution in [2.24, 2.45) is 0 Å². The first-order valence-electron chi connectivity index (χ1n) is 11.4. The van der Waals surface area contributed by atoms with Crippen molar-refractivity contribution in [1.82, 2.24) is 9.88 Å². The lowest BCUT2D eigenvalue weighted by Crippen LogP contribution is -2.26. The summed E-state index contributed by atoms with van der Waals surface area (Å²) in [5, 5.41) is 11.9. The lowest BCUT2D eigenvalue weighted by Gasteiger charge is -2.22. The molecule has 0 saturated heterocycles. The number of ether oxygens (including phenoxy) is 1. The molecule has 0 spiro atoms. The van der Waals surface area contributed by atoms with Crippen molar-refractivity contribution >= 4 is 0 Å². The zero-order valence-corrected chi connectivity index (χ0v) is 18.6. The number of nitrogens with zero attached hydrogens (tertiary/aromatic N) is 2. The van der Waals surface area contributed by atoms with Gasteiger partial charge in [-0.25, -0.2) is 4.98 Å². The van der Waals surface area contributed by atoms with Crippen LogP contribution < -0.4 is 4.74 Å². The number of fused-ring (bicyclic) bond motifs is 4. The minimum Gasteiger partial charge on any atom is -0.493 e. The molecule has 4 aromatic rings. The molecule has 1 N–H and O–H groups in total. The summed E-state index contributed by atoms with van der Waals surface area (Å²) in [6.45, 7) is 2.31. The van der Waals surface area contributed by atoms with Gasteiger partial charge in [-0.3, -0.25) is 4.90 Å². The lowest BCUT2D eigenvalue weighted by molar-refractivity contribution is 0.0945. The van der Waals surface area contributed by atoms with Gasteiger partial charge in [-0.15, -0.1) is 0 Å². The number of hydrogen-bond acceptors (Lipinski definition) is 5. The summed E-state index contributed by atoms with van der Waals surface area (Å²) in [7, 11) is 2.08. The first-order valence-corrected chi connectivity index (χ1v) is 11.4. The van der Waals surface area contributed by atoms with Gasteiger partial charge in [-0.05, 0) is 41.8 Å². The Labute approximate surface area is 193 Å². The highest BCUT2D eigenvalue weighted by atomic mass is 16.5. The smallest absolute Gasteiger partial charge is 0.236 e. The molecule has 2 heterocycles. The maximum Gasteiger partial charge on any atom is 0.236 e. The van der Waals surface area contributed by atoms with E-state index in [1.54, 1.807) is 6.20 Å². The van der Waals surface area contributed by atoms with E-state index in [4.69, 9.17) is 9.15 Å². The minimum atomic E-state index is -1.38. The fourth-order valence-corrected chi connectivity index (χ4v) is 5.05. The average Bonchev–Trinajstić information content (AvgIpc) is 3.56. The second-order valence-corrected chi connectivity index (χ2v) is 8.96. The third-order valence-electron chi connectivity index (χ3n) is 6.75. The van der Waals surface area contributed by atoms with E-state index in [0.717, 1.165) is 59.8 Å². The zero-order valence-electron chi connectivity index (χ0n) is 18.6. The van der Waals surface area contributed by atoms with Gasteiger partial charge in [0.15, 0.2) is 5.60 Å². The number of benzene rings is 3. The van der Waals surface area contributed by atoms with Crippen molar-refractivity contribution < 1.29 is 14.3 Å². The molecule has 3 aromatic carbocycles. The van der Waals surface area contributed by atoms with Gasteiger partial charge in [0, 0.05) is 24.1 Å². The van der Waals surface area contributed by atoms with Gasteiger partial charge in [0.1, 0.15) is 11.5 Å². The number of aliphatic hydroxyl groups is 1. The SMILES string of the molecule is CN(CCc1ccc2c(c1)CCO2)Cc1cnc(C2(O)c3ccccc3-c3ccccc32)o1. The molecule has 5 heteroatoms. The number of rotatable bonds is 6. The number of aromatic nitrogens is 1. The largest absolute Gasteiger partial charge is 0.493 e. The lowest BCUT2D eigenvalue weighted by atomic mass is 9.91. The Morgan fingerprint density at radius 3 is 2.48 bits per heavy atom. The monoisotopic (exact) mass is 438 g/mol. The average molecular weight is 439 g/mol. The van der Waals surface area contributed by atoms with E-state index in [-0.39, 0.29) is 0 Å². The summed E-state index contributed by atoms with van der Waals surface area (Å²) >= 11 is 0. The highest BCUT2D eigenvalue weighted by Gasteiger charge is 2.46. The summed E-state index contributed by atoms with van der Waals surface area (Å²) in [6.07, 6.45) is 3.69. The topological polar surface area (TPSA) is 58.7 Å². The number of hydrogen-bond donors (Lipinski definition) is 1. The molecule has 166 valence electrons. The predicted molar refractivity (Wildman–Crippen MR) is 126 cm³/mol. The van der Waals surface area contributed by atoms with Crippen LogP contribution in [0, 0.1) is 0 Å². The van der Waals surface area contributed by atoms with Gasteiger partial charge in [0.05, 0.1) is 19.3 Å². The molecule has 0 atom stereocenters. The maximum absolute atomic E-state index is 11.9. The van der Waals surface area contributed by atoms with Crippen molar-refractivity contribution in [2.45, 2.75) is 25.0 Å². The minimum absolute atomic E-state index is 0.321. The van der Waals surface area contributed by atoms with Crippen LogP contribution in [0.4, 0.5) is 0 Å². The van der Waals surface area contributed by atoms with Crippen LogP contribution in [0.15, 0.2) is 77.3 Å².